The number of fused-ring (bicyclic) bond motifs is 1. The monoisotopic (exact) mass is 337 g/mol. The molecule has 2 N–H and O–H groups in total. The first-order chi connectivity index (χ1) is 8.64. The fourth-order valence-corrected chi connectivity index (χ4v) is 3.03. The molecule has 102 valence electrons. The van der Waals surface area contributed by atoms with Crippen molar-refractivity contribution in [3.05, 3.63) is 38.6 Å². The minimum atomic E-state index is -4.52. The van der Waals surface area contributed by atoms with Gasteiger partial charge in [0.1, 0.15) is 5.82 Å². The number of alkyl halides is 3. The topological polar surface area (TPSA) is 43.1 Å². The van der Waals surface area contributed by atoms with Gasteiger partial charge < -0.3 is 5.73 Å². The van der Waals surface area contributed by atoms with Crippen LogP contribution in [0.4, 0.5) is 17.6 Å². The molecule has 1 aromatic carbocycles. The molecule has 2 nitrogen and oxygen atoms in total. The third-order valence-electron chi connectivity index (χ3n) is 3.10. The Labute approximate surface area is 114 Å². The molecule has 0 unspecified atom stereocenters. The second-order valence-corrected chi connectivity index (χ2v) is 5.07. The van der Waals surface area contributed by atoms with Crippen LogP contribution in [0.15, 0.2) is 16.1 Å². The Morgan fingerprint density at radius 1 is 1.42 bits per heavy atom. The number of allylic oxidation sites excluding steroid dienone is 2. The molecule has 1 amide bonds. The molecule has 1 aromatic rings. The Balaban J connectivity index is 2.73. The van der Waals surface area contributed by atoms with Gasteiger partial charge in [-0.25, -0.2) is 4.39 Å². The molecule has 1 aliphatic rings. The summed E-state index contributed by atoms with van der Waals surface area (Å²) in [6.45, 7) is 1.29. The van der Waals surface area contributed by atoms with Crippen LogP contribution in [0.3, 0.4) is 0 Å². The van der Waals surface area contributed by atoms with E-state index in [1.165, 1.54) is 6.92 Å². The summed E-state index contributed by atoms with van der Waals surface area (Å²) >= 11 is 3.02. The van der Waals surface area contributed by atoms with Crippen molar-refractivity contribution in [3.8, 4) is 0 Å². The molecular weight excluding hydrogens is 330 g/mol. The molecule has 0 fully saturated rings. The van der Waals surface area contributed by atoms with Crippen LogP contribution in [0.1, 0.15) is 28.4 Å². The average Bonchev–Trinajstić information content (AvgIpc) is 2.55. The second kappa shape index (κ2) is 4.33. The van der Waals surface area contributed by atoms with Crippen molar-refractivity contribution in [2.24, 2.45) is 5.73 Å². The van der Waals surface area contributed by atoms with Crippen LogP contribution in [0.25, 0.3) is 5.57 Å². The molecule has 19 heavy (non-hydrogen) atoms. The van der Waals surface area contributed by atoms with Gasteiger partial charge in [-0.05, 0) is 29.7 Å². The maximum absolute atomic E-state index is 13.7. The molecule has 2 rings (SSSR count). The minimum Gasteiger partial charge on any atom is -0.365 e. The Morgan fingerprint density at radius 2 is 2.00 bits per heavy atom. The molecule has 0 radical (unpaired) electrons. The van der Waals surface area contributed by atoms with Crippen LogP contribution in [0, 0.1) is 5.82 Å². The molecular formula is C12H8BrF4NO. The molecule has 7 heteroatoms. The molecule has 0 bridgehead atoms. The zero-order valence-corrected chi connectivity index (χ0v) is 11.2. The van der Waals surface area contributed by atoms with Gasteiger partial charge in [0.25, 0.3) is 5.91 Å². The maximum atomic E-state index is 13.7. The van der Waals surface area contributed by atoms with Crippen molar-refractivity contribution < 1.29 is 22.4 Å². The highest BCUT2D eigenvalue weighted by molar-refractivity contribution is 9.10. The lowest BCUT2D eigenvalue weighted by atomic mass is 9.99. The Bertz CT molecular complexity index is 619. The van der Waals surface area contributed by atoms with Gasteiger partial charge in [-0.15, -0.1) is 0 Å². The molecule has 0 atom stereocenters. The zero-order valence-electron chi connectivity index (χ0n) is 9.66. The van der Waals surface area contributed by atoms with Gasteiger partial charge in [0.2, 0.25) is 0 Å². The summed E-state index contributed by atoms with van der Waals surface area (Å²) in [6.07, 6.45) is -5.06. The van der Waals surface area contributed by atoms with Crippen molar-refractivity contribution in [1.82, 2.24) is 0 Å². The predicted octanol–water partition coefficient (Wildman–Crippen LogP) is 3.58. The van der Waals surface area contributed by atoms with E-state index in [0.29, 0.717) is 0 Å². The number of carbonyl (C=O) groups is 1. The van der Waals surface area contributed by atoms with Crippen LogP contribution in [0.5, 0.6) is 0 Å². The Hall–Kier alpha value is -1.37. The van der Waals surface area contributed by atoms with Crippen LogP contribution < -0.4 is 5.73 Å². The van der Waals surface area contributed by atoms with E-state index in [4.69, 9.17) is 5.73 Å². The van der Waals surface area contributed by atoms with Gasteiger partial charge in [-0.1, -0.05) is 15.9 Å². The van der Waals surface area contributed by atoms with Crippen LogP contribution in [-0.4, -0.2) is 12.1 Å². The molecule has 0 saturated heterocycles. The fourth-order valence-electron chi connectivity index (χ4n) is 2.29. The van der Waals surface area contributed by atoms with Gasteiger partial charge in [-0.3, -0.25) is 4.79 Å². The summed E-state index contributed by atoms with van der Waals surface area (Å²) in [5.41, 5.74) is 3.96. The highest BCUT2D eigenvalue weighted by atomic mass is 79.9. The third kappa shape index (κ3) is 2.16. The maximum Gasteiger partial charge on any atom is 0.413 e. The molecule has 0 saturated carbocycles. The smallest absolute Gasteiger partial charge is 0.365 e. The lowest BCUT2D eigenvalue weighted by Gasteiger charge is -2.10. The summed E-state index contributed by atoms with van der Waals surface area (Å²) in [5.74, 6) is -1.99. The number of benzene rings is 1. The van der Waals surface area contributed by atoms with Crippen molar-refractivity contribution >= 4 is 27.4 Å². The average molecular weight is 338 g/mol. The SMILES string of the molecule is CC1=C(C(F)(F)F)Cc2c(C(N)=O)c(F)cc(Br)c21. The summed E-state index contributed by atoms with van der Waals surface area (Å²) in [6, 6.07) is 0.960. The third-order valence-corrected chi connectivity index (χ3v) is 3.73. The summed E-state index contributed by atoms with van der Waals surface area (Å²) in [7, 11) is 0. The molecule has 0 heterocycles. The largest absolute Gasteiger partial charge is 0.413 e. The Morgan fingerprint density at radius 3 is 2.47 bits per heavy atom. The second-order valence-electron chi connectivity index (χ2n) is 4.21. The summed E-state index contributed by atoms with van der Waals surface area (Å²) in [5, 5.41) is 0. The van der Waals surface area contributed by atoms with E-state index in [2.05, 4.69) is 15.9 Å². The number of primary amides is 1. The van der Waals surface area contributed by atoms with Gasteiger partial charge in [0, 0.05) is 16.5 Å². The van der Waals surface area contributed by atoms with Crippen molar-refractivity contribution in [2.75, 3.05) is 0 Å². The first kappa shape index (κ1) is 14.0. The lowest BCUT2D eigenvalue weighted by Crippen LogP contribution is -2.18. The van der Waals surface area contributed by atoms with E-state index in [0.717, 1.165) is 6.07 Å². The fraction of sp³-hybridized carbons (Fsp3) is 0.250. The van der Waals surface area contributed by atoms with Crippen LogP contribution >= 0.6 is 15.9 Å². The number of hydrogen-bond acceptors (Lipinski definition) is 1. The van der Waals surface area contributed by atoms with E-state index >= 15 is 0 Å². The highest BCUT2D eigenvalue weighted by Crippen LogP contribution is 2.45. The van der Waals surface area contributed by atoms with E-state index in [9.17, 15) is 22.4 Å². The number of carbonyl (C=O) groups excluding carboxylic acids is 1. The van der Waals surface area contributed by atoms with E-state index in [1.807, 2.05) is 0 Å². The first-order valence-corrected chi connectivity index (χ1v) is 6.02. The molecule has 0 aromatic heterocycles. The zero-order chi connectivity index (χ0) is 14.5. The lowest BCUT2D eigenvalue weighted by molar-refractivity contribution is -0.0921. The van der Waals surface area contributed by atoms with E-state index < -0.39 is 35.5 Å². The van der Waals surface area contributed by atoms with Gasteiger partial charge >= 0.3 is 6.18 Å². The number of rotatable bonds is 1. The quantitative estimate of drug-likeness (QED) is 0.782. The molecule has 0 spiro atoms. The van der Waals surface area contributed by atoms with Gasteiger partial charge in [0.15, 0.2) is 0 Å². The first-order valence-electron chi connectivity index (χ1n) is 5.22. The number of amides is 1. The van der Waals surface area contributed by atoms with Gasteiger partial charge in [-0.2, -0.15) is 13.2 Å². The minimum absolute atomic E-state index is 0.01000. The van der Waals surface area contributed by atoms with Crippen LogP contribution in [-0.2, 0) is 6.42 Å². The van der Waals surface area contributed by atoms with Crippen LogP contribution in [0.2, 0.25) is 0 Å². The summed E-state index contributed by atoms with van der Waals surface area (Å²) < 4.78 is 52.4. The molecule has 1 aliphatic carbocycles. The normalized spacial score (nSPS) is 14.8. The Kier molecular flexibility index (Phi) is 3.20. The standard InChI is InChI=1S/C12H8BrF4NO/c1-4-6(12(15,16)17)2-5-9(4)7(13)3-8(14)10(5)11(18)19/h3H,2H2,1H3,(H2,18,19). The number of hydrogen-bond donors (Lipinski definition) is 1. The number of nitrogens with two attached hydrogens (primary N) is 1. The number of halogens is 5. The highest BCUT2D eigenvalue weighted by Gasteiger charge is 2.41. The van der Waals surface area contributed by atoms with E-state index in [1.54, 1.807) is 0 Å². The van der Waals surface area contributed by atoms with Crippen molar-refractivity contribution in [3.63, 3.8) is 0 Å². The predicted molar refractivity (Wildman–Crippen MR) is 65.0 cm³/mol. The van der Waals surface area contributed by atoms with Crippen molar-refractivity contribution in [1.29, 1.82) is 0 Å². The van der Waals surface area contributed by atoms with Gasteiger partial charge in [0.05, 0.1) is 5.56 Å². The molecule has 0 aliphatic heterocycles. The van der Waals surface area contributed by atoms with Crippen molar-refractivity contribution in [2.45, 2.75) is 19.5 Å². The summed E-state index contributed by atoms with van der Waals surface area (Å²) in [4.78, 5) is 11.2. The van der Waals surface area contributed by atoms with E-state index in [-0.39, 0.29) is 21.2 Å².